The Morgan fingerprint density at radius 3 is 2.44 bits per heavy atom. The van der Waals surface area contributed by atoms with Crippen molar-refractivity contribution < 1.29 is 4.79 Å². The van der Waals surface area contributed by atoms with Crippen LogP contribution in [0.15, 0.2) is 0 Å². The molecule has 0 aliphatic carbocycles. The number of hydrazine groups is 2. The van der Waals surface area contributed by atoms with E-state index in [-0.39, 0.29) is 0 Å². The maximum absolute atomic E-state index is 11.0. The molecule has 0 saturated heterocycles. The minimum Gasteiger partial charge on any atom is -0.275 e. The van der Waals surface area contributed by atoms with Crippen LogP contribution in [-0.2, 0) is 0 Å². The van der Waals surface area contributed by atoms with E-state index < -0.39 is 6.03 Å². The third-order valence-corrected chi connectivity index (χ3v) is 2.60. The van der Waals surface area contributed by atoms with Gasteiger partial charge in [-0.1, -0.05) is 33.6 Å². The number of carbonyl (C=O) groups excluding carboxylic acids is 1. The number of urea groups is 1. The highest BCUT2D eigenvalue weighted by Gasteiger charge is 2.08. The van der Waals surface area contributed by atoms with E-state index in [1.54, 1.807) is 0 Å². The summed E-state index contributed by atoms with van der Waals surface area (Å²) in [6, 6.07) is -0.435. The molecule has 1 unspecified atom stereocenters. The van der Waals surface area contributed by atoms with Gasteiger partial charge in [-0.15, -0.1) is 0 Å². The summed E-state index contributed by atoms with van der Waals surface area (Å²) in [6.45, 7) is 7.30. The maximum atomic E-state index is 11.0. The van der Waals surface area contributed by atoms with Gasteiger partial charge in [0.1, 0.15) is 0 Å². The highest BCUT2D eigenvalue weighted by atomic mass is 16.2. The topological polar surface area (TPSA) is 84.4 Å². The first-order valence-electron chi connectivity index (χ1n) is 6.00. The first kappa shape index (κ1) is 15.2. The lowest BCUT2D eigenvalue weighted by Gasteiger charge is -2.17. The lowest BCUT2D eigenvalue weighted by Crippen LogP contribution is -2.47. The zero-order valence-corrected chi connectivity index (χ0v) is 10.7. The minimum absolute atomic E-state index is 0.435. The molecule has 0 heterocycles. The zero-order chi connectivity index (χ0) is 12.6. The molecule has 0 rings (SSSR count). The molecule has 96 valence electrons. The van der Waals surface area contributed by atoms with Gasteiger partial charge >= 0.3 is 6.03 Å². The van der Waals surface area contributed by atoms with Crippen LogP contribution < -0.4 is 17.1 Å². The quantitative estimate of drug-likeness (QED) is 0.269. The molecule has 0 radical (unpaired) electrons. The Hall–Kier alpha value is -0.810. The predicted octanol–water partition coefficient (Wildman–Crippen LogP) is 1.60. The summed E-state index contributed by atoms with van der Waals surface area (Å²) in [4.78, 5) is 11.0. The van der Waals surface area contributed by atoms with Crippen LogP contribution in [-0.4, -0.2) is 17.6 Å². The highest BCUT2D eigenvalue weighted by Crippen LogP contribution is 2.16. The van der Waals surface area contributed by atoms with Gasteiger partial charge in [0.05, 0.1) is 0 Å². The largest absolute Gasteiger partial charge is 0.345 e. The Balaban J connectivity index is 3.49. The summed E-state index contributed by atoms with van der Waals surface area (Å²) < 4.78 is 0. The van der Waals surface area contributed by atoms with Crippen molar-refractivity contribution in [2.24, 2.45) is 23.5 Å². The molecule has 0 aliphatic heterocycles. The molecular weight excluding hydrogens is 204 g/mol. The lowest BCUT2D eigenvalue weighted by molar-refractivity contribution is 0.197. The first-order chi connectivity index (χ1) is 7.47. The van der Waals surface area contributed by atoms with Crippen LogP contribution in [0.5, 0.6) is 0 Å². The predicted molar refractivity (Wildman–Crippen MR) is 66.1 cm³/mol. The van der Waals surface area contributed by atoms with Gasteiger partial charge in [0.15, 0.2) is 0 Å². The number of nitrogens with one attached hydrogen (secondary N) is 1. The third kappa shape index (κ3) is 7.48. The molecule has 0 fully saturated rings. The number of rotatable bonds is 7. The molecule has 0 bridgehead atoms. The molecule has 5 nitrogen and oxygen atoms in total. The van der Waals surface area contributed by atoms with Crippen molar-refractivity contribution in [3.63, 3.8) is 0 Å². The number of hydrogen-bond acceptors (Lipinski definition) is 3. The second-order valence-corrected chi connectivity index (χ2v) is 4.87. The van der Waals surface area contributed by atoms with Crippen LogP contribution in [0.3, 0.4) is 0 Å². The molecule has 0 aromatic carbocycles. The Morgan fingerprint density at radius 2 is 1.94 bits per heavy atom. The second kappa shape index (κ2) is 8.35. The summed E-state index contributed by atoms with van der Waals surface area (Å²) >= 11 is 0. The molecular formula is C11H26N4O. The van der Waals surface area contributed by atoms with Crippen molar-refractivity contribution >= 4 is 6.03 Å². The molecule has 2 amide bonds. The van der Waals surface area contributed by atoms with E-state index in [4.69, 9.17) is 11.7 Å². The number of carbonyl (C=O) groups is 1. The monoisotopic (exact) mass is 230 g/mol. The van der Waals surface area contributed by atoms with Crippen LogP contribution in [0, 0.1) is 11.8 Å². The van der Waals surface area contributed by atoms with Gasteiger partial charge < -0.3 is 0 Å². The van der Waals surface area contributed by atoms with E-state index in [0.717, 1.165) is 29.7 Å². The normalized spacial score (nSPS) is 12.6. The van der Waals surface area contributed by atoms with E-state index in [0.29, 0.717) is 6.54 Å². The molecule has 5 N–H and O–H groups in total. The van der Waals surface area contributed by atoms with Crippen LogP contribution in [0.2, 0.25) is 0 Å². The van der Waals surface area contributed by atoms with Crippen LogP contribution >= 0.6 is 0 Å². The second-order valence-electron chi connectivity index (χ2n) is 4.87. The van der Waals surface area contributed by atoms with Gasteiger partial charge in [-0.05, 0) is 24.7 Å². The molecule has 0 saturated carbocycles. The van der Waals surface area contributed by atoms with Gasteiger partial charge in [0.25, 0.3) is 0 Å². The fraction of sp³-hybridized carbons (Fsp3) is 0.909. The molecule has 5 heteroatoms. The van der Waals surface area contributed by atoms with Gasteiger partial charge in [0.2, 0.25) is 0 Å². The number of unbranched alkanes of at least 4 members (excludes halogenated alkanes) is 1. The summed E-state index contributed by atoms with van der Waals surface area (Å²) in [6.07, 6.45) is 4.47. The van der Waals surface area contributed by atoms with E-state index in [1.165, 1.54) is 12.8 Å². The van der Waals surface area contributed by atoms with E-state index in [1.807, 2.05) is 5.43 Å². The third-order valence-electron chi connectivity index (χ3n) is 2.60. The SMILES string of the molecule is CC(C)CC(C)CCCCN(N)C(=O)NN. The van der Waals surface area contributed by atoms with Crippen LogP contribution in [0.1, 0.15) is 46.5 Å². The summed E-state index contributed by atoms with van der Waals surface area (Å²) in [5.41, 5.74) is 2.00. The Labute approximate surface area is 98.5 Å². The number of amides is 2. The smallest absolute Gasteiger partial charge is 0.275 e. The summed E-state index contributed by atoms with van der Waals surface area (Å²) in [5, 5.41) is 1.12. The van der Waals surface area contributed by atoms with Crippen LogP contribution in [0.25, 0.3) is 0 Å². The minimum atomic E-state index is -0.435. The van der Waals surface area contributed by atoms with Gasteiger partial charge in [-0.2, -0.15) is 0 Å². The van der Waals surface area contributed by atoms with E-state index in [9.17, 15) is 4.79 Å². The summed E-state index contributed by atoms with van der Waals surface area (Å²) in [5.74, 6) is 11.9. The molecule has 1 atom stereocenters. The number of hydrogen-bond donors (Lipinski definition) is 3. The summed E-state index contributed by atoms with van der Waals surface area (Å²) in [7, 11) is 0. The van der Waals surface area contributed by atoms with Crippen molar-refractivity contribution in [3.8, 4) is 0 Å². The average molecular weight is 230 g/mol. The van der Waals surface area contributed by atoms with Gasteiger partial charge in [0, 0.05) is 6.54 Å². The van der Waals surface area contributed by atoms with Gasteiger partial charge in [-0.3, -0.25) is 10.4 Å². The average Bonchev–Trinajstić information content (AvgIpc) is 2.21. The van der Waals surface area contributed by atoms with Gasteiger partial charge in [-0.25, -0.2) is 16.5 Å². The maximum Gasteiger partial charge on any atom is 0.345 e. The van der Waals surface area contributed by atoms with E-state index in [2.05, 4.69) is 20.8 Å². The highest BCUT2D eigenvalue weighted by molar-refractivity contribution is 5.72. The first-order valence-corrected chi connectivity index (χ1v) is 6.00. The molecule has 0 aromatic rings. The van der Waals surface area contributed by atoms with Crippen molar-refractivity contribution in [1.29, 1.82) is 0 Å². The lowest BCUT2D eigenvalue weighted by atomic mass is 9.94. The molecule has 0 aliphatic rings. The van der Waals surface area contributed by atoms with Crippen molar-refractivity contribution in [2.75, 3.05) is 6.54 Å². The standard InChI is InChI=1S/C11H26N4O/c1-9(2)8-10(3)6-4-5-7-15(13)11(16)14-12/h9-10H,4-8,12-13H2,1-3H3,(H,14,16). The molecule has 0 spiro atoms. The molecule has 16 heavy (non-hydrogen) atoms. The fourth-order valence-corrected chi connectivity index (χ4v) is 1.88. The zero-order valence-electron chi connectivity index (χ0n) is 10.7. The van der Waals surface area contributed by atoms with Crippen molar-refractivity contribution in [3.05, 3.63) is 0 Å². The Bertz CT molecular complexity index is 196. The number of nitrogens with zero attached hydrogens (tertiary/aromatic N) is 1. The Morgan fingerprint density at radius 1 is 1.31 bits per heavy atom. The number of nitrogens with two attached hydrogens (primary N) is 2. The Kier molecular flexibility index (Phi) is 7.93. The fourth-order valence-electron chi connectivity index (χ4n) is 1.88. The van der Waals surface area contributed by atoms with Crippen molar-refractivity contribution in [1.82, 2.24) is 10.4 Å². The molecule has 0 aromatic heterocycles. The van der Waals surface area contributed by atoms with E-state index >= 15 is 0 Å². The van der Waals surface area contributed by atoms with Crippen molar-refractivity contribution in [2.45, 2.75) is 46.5 Å². The van der Waals surface area contributed by atoms with Crippen LogP contribution in [0.4, 0.5) is 4.79 Å².